The van der Waals surface area contributed by atoms with Gasteiger partial charge in [-0.2, -0.15) is 0 Å². The van der Waals surface area contributed by atoms with Crippen LogP contribution < -0.4 is 5.32 Å². The van der Waals surface area contributed by atoms with E-state index in [1.807, 2.05) is 6.92 Å². The summed E-state index contributed by atoms with van der Waals surface area (Å²) in [5.74, 6) is 1.49. The van der Waals surface area contributed by atoms with Gasteiger partial charge in [0.1, 0.15) is 5.82 Å². The lowest BCUT2D eigenvalue weighted by Gasteiger charge is -2.15. The van der Waals surface area contributed by atoms with Gasteiger partial charge in [0.25, 0.3) is 5.24 Å². The monoisotopic (exact) mass is 395 g/mol. The van der Waals surface area contributed by atoms with Crippen LogP contribution in [0.4, 0.5) is 4.79 Å². The number of nitrogens with one attached hydrogen (secondary N) is 1. The summed E-state index contributed by atoms with van der Waals surface area (Å²) in [5.41, 5.74) is 0. The molecule has 26 heavy (non-hydrogen) atoms. The summed E-state index contributed by atoms with van der Waals surface area (Å²) in [6.45, 7) is 2.33. The number of amides is 3. The van der Waals surface area contributed by atoms with E-state index in [9.17, 15) is 14.4 Å². The summed E-state index contributed by atoms with van der Waals surface area (Å²) in [7, 11) is 0. The van der Waals surface area contributed by atoms with Crippen molar-refractivity contribution in [1.29, 1.82) is 0 Å². The molecular weight excluding hydrogens is 374 g/mol. The van der Waals surface area contributed by atoms with E-state index in [1.54, 1.807) is 0 Å². The van der Waals surface area contributed by atoms with E-state index >= 15 is 0 Å². The molecule has 1 atom stereocenters. The number of hydrogen-bond acceptors (Lipinski definition) is 7. The van der Waals surface area contributed by atoms with Crippen molar-refractivity contribution in [3.05, 3.63) is 5.82 Å². The Morgan fingerprint density at radius 2 is 2.08 bits per heavy atom. The number of imide groups is 1. The number of thioether (sulfide) groups is 2. The quantitative estimate of drug-likeness (QED) is 0.670. The van der Waals surface area contributed by atoms with Gasteiger partial charge in [0.05, 0.1) is 11.0 Å². The molecule has 2 saturated carbocycles. The molecule has 140 valence electrons. The van der Waals surface area contributed by atoms with E-state index in [4.69, 9.17) is 0 Å². The molecule has 4 rings (SSSR count). The topological polar surface area (TPSA) is 97.2 Å². The van der Waals surface area contributed by atoms with E-state index < -0.39 is 0 Å². The van der Waals surface area contributed by atoms with Crippen LogP contribution >= 0.6 is 23.5 Å². The summed E-state index contributed by atoms with van der Waals surface area (Å²) in [6.07, 6.45) is 4.67. The first-order valence-corrected chi connectivity index (χ1v) is 10.8. The van der Waals surface area contributed by atoms with Gasteiger partial charge in [-0.3, -0.25) is 19.3 Å². The predicted octanol–water partition coefficient (Wildman–Crippen LogP) is 1.78. The Balaban J connectivity index is 1.30. The lowest BCUT2D eigenvalue weighted by molar-refractivity contribution is -0.125. The zero-order valence-corrected chi connectivity index (χ0v) is 16.1. The number of rotatable bonds is 8. The summed E-state index contributed by atoms with van der Waals surface area (Å²) in [6, 6.07) is 0.489. The molecule has 8 nitrogen and oxygen atoms in total. The first kappa shape index (κ1) is 17.8. The summed E-state index contributed by atoms with van der Waals surface area (Å²) < 4.78 is 2.23. The maximum absolute atomic E-state index is 12.4. The smallest absolute Gasteiger partial charge is 0.288 e. The lowest BCUT2D eigenvalue weighted by Crippen LogP contribution is -2.39. The van der Waals surface area contributed by atoms with Crippen molar-refractivity contribution >= 4 is 40.6 Å². The van der Waals surface area contributed by atoms with Gasteiger partial charge in [-0.05, 0) is 32.6 Å². The Hall–Kier alpha value is -1.55. The molecule has 2 heterocycles. The maximum Gasteiger partial charge on any atom is 0.288 e. The highest BCUT2D eigenvalue weighted by Crippen LogP contribution is 2.46. The van der Waals surface area contributed by atoms with E-state index in [0.29, 0.717) is 12.0 Å². The van der Waals surface area contributed by atoms with Gasteiger partial charge in [-0.25, -0.2) is 0 Å². The summed E-state index contributed by atoms with van der Waals surface area (Å²) in [4.78, 5) is 36.6. The van der Waals surface area contributed by atoms with E-state index in [2.05, 4.69) is 20.1 Å². The van der Waals surface area contributed by atoms with Gasteiger partial charge in [0.2, 0.25) is 11.8 Å². The average Bonchev–Trinajstić information content (AvgIpc) is 3.54. The van der Waals surface area contributed by atoms with E-state index in [0.717, 1.165) is 35.6 Å². The van der Waals surface area contributed by atoms with Crippen LogP contribution in [0.15, 0.2) is 5.16 Å². The Bertz CT molecular complexity index is 728. The second-order valence-electron chi connectivity index (χ2n) is 6.87. The molecular formula is C16H21N5O3S2. The van der Waals surface area contributed by atoms with Gasteiger partial charge in [-0.1, -0.05) is 23.5 Å². The van der Waals surface area contributed by atoms with Crippen molar-refractivity contribution in [3.8, 4) is 0 Å². The molecule has 0 unspecified atom stereocenters. The molecule has 3 aliphatic rings. The minimum absolute atomic E-state index is 0.125. The van der Waals surface area contributed by atoms with Crippen molar-refractivity contribution in [2.45, 2.75) is 55.0 Å². The van der Waals surface area contributed by atoms with Gasteiger partial charge >= 0.3 is 0 Å². The second-order valence-corrected chi connectivity index (χ2v) is 9.10. The Kier molecular flexibility index (Phi) is 4.96. The van der Waals surface area contributed by atoms with Crippen LogP contribution in [0.5, 0.6) is 0 Å². The number of carbonyl (C=O) groups is 3. The molecule has 1 aliphatic heterocycles. The average molecular weight is 396 g/mol. The minimum atomic E-state index is -0.317. The van der Waals surface area contributed by atoms with Gasteiger partial charge in [-0.15, -0.1) is 10.2 Å². The predicted molar refractivity (Wildman–Crippen MR) is 98.2 cm³/mol. The molecule has 0 spiro atoms. The fourth-order valence-corrected chi connectivity index (χ4v) is 4.61. The highest BCUT2D eigenvalue weighted by Gasteiger charge is 2.37. The third-order valence-electron chi connectivity index (χ3n) is 4.67. The highest BCUT2D eigenvalue weighted by atomic mass is 32.2. The van der Waals surface area contributed by atoms with E-state index in [1.165, 1.54) is 29.5 Å². The molecule has 3 fully saturated rings. The van der Waals surface area contributed by atoms with Crippen LogP contribution in [-0.4, -0.2) is 60.8 Å². The Morgan fingerprint density at radius 1 is 1.31 bits per heavy atom. The van der Waals surface area contributed by atoms with Crippen LogP contribution in [-0.2, 0) is 9.59 Å². The first-order chi connectivity index (χ1) is 12.5. The molecule has 0 bridgehead atoms. The number of nitrogens with zero attached hydrogens (tertiary/aromatic N) is 4. The van der Waals surface area contributed by atoms with Crippen molar-refractivity contribution in [2.24, 2.45) is 0 Å². The van der Waals surface area contributed by atoms with Crippen LogP contribution in [0.1, 0.15) is 50.4 Å². The zero-order chi connectivity index (χ0) is 18.3. The summed E-state index contributed by atoms with van der Waals surface area (Å²) >= 11 is 2.43. The van der Waals surface area contributed by atoms with Gasteiger partial charge in [0.15, 0.2) is 5.16 Å². The first-order valence-electron chi connectivity index (χ1n) is 8.91. The largest absolute Gasteiger partial charge is 0.353 e. The zero-order valence-electron chi connectivity index (χ0n) is 14.5. The molecule has 0 radical (unpaired) electrons. The lowest BCUT2D eigenvalue weighted by atomic mass is 10.4. The third kappa shape index (κ3) is 3.75. The number of aromatic nitrogens is 3. The van der Waals surface area contributed by atoms with Crippen LogP contribution in [0, 0.1) is 0 Å². The molecule has 1 aromatic heterocycles. The fraction of sp³-hybridized carbons (Fsp3) is 0.688. The van der Waals surface area contributed by atoms with E-state index in [-0.39, 0.29) is 41.1 Å². The molecule has 3 amide bonds. The van der Waals surface area contributed by atoms with Crippen LogP contribution in [0.3, 0.4) is 0 Å². The molecule has 0 aromatic carbocycles. The van der Waals surface area contributed by atoms with Crippen molar-refractivity contribution < 1.29 is 14.4 Å². The molecule has 2 aliphatic carbocycles. The van der Waals surface area contributed by atoms with Gasteiger partial charge < -0.3 is 9.88 Å². The number of hydrogen-bond donors (Lipinski definition) is 1. The van der Waals surface area contributed by atoms with Crippen molar-refractivity contribution in [3.63, 3.8) is 0 Å². The molecule has 1 saturated heterocycles. The van der Waals surface area contributed by atoms with Gasteiger partial charge in [0, 0.05) is 25.0 Å². The SMILES string of the molecule is C[C@H](Sc1nnc(C2CC2)n1C1CC1)C(=O)NCCN1C(=O)CSC1=O. The Labute approximate surface area is 159 Å². The van der Waals surface area contributed by atoms with Crippen molar-refractivity contribution in [2.75, 3.05) is 18.8 Å². The molecule has 10 heteroatoms. The molecule has 1 N–H and O–H groups in total. The standard InChI is InChI=1S/C16H21N5O3S2/c1-9(14(23)17-6-7-20-12(22)8-25-16(20)24)26-15-19-18-13(10-2-3-10)21(15)11-4-5-11/h9-11H,2-8H2,1H3,(H,17,23)/t9-/m0/s1. The summed E-state index contributed by atoms with van der Waals surface area (Å²) in [5, 5.41) is 11.7. The fourth-order valence-electron chi connectivity index (χ4n) is 2.91. The normalized spacial score (nSPS) is 21.3. The van der Waals surface area contributed by atoms with Crippen LogP contribution in [0.2, 0.25) is 0 Å². The van der Waals surface area contributed by atoms with Crippen molar-refractivity contribution in [1.82, 2.24) is 25.0 Å². The molecule has 1 aromatic rings. The second kappa shape index (κ2) is 7.22. The maximum atomic E-state index is 12.4. The number of carbonyl (C=O) groups excluding carboxylic acids is 3. The Morgan fingerprint density at radius 3 is 2.69 bits per heavy atom. The minimum Gasteiger partial charge on any atom is -0.353 e. The third-order valence-corrected chi connectivity index (χ3v) is 6.59. The van der Waals surface area contributed by atoms with Crippen LogP contribution in [0.25, 0.3) is 0 Å². The highest BCUT2D eigenvalue weighted by molar-refractivity contribution is 8.14.